The third kappa shape index (κ3) is 9.80. The van der Waals surface area contributed by atoms with Gasteiger partial charge in [0.15, 0.2) is 34.9 Å². The highest BCUT2D eigenvalue weighted by atomic mass is 15.1. The van der Waals surface area contributed by atoms with E-state index < -0.39 is 0 Å². The summed E-state index contributed by atoms with van der Waals surface area (Å²) in [6, 6.07) is 129. The summed E-state index contributed by atoms with van der Waals surface area (Å²) in [5.41, 5.74) is 22.1. The fourth-order valence-corrected chi connectivity index (χ4v) is 16.1. The van der Waals surface area contributed by atoms with Crippen LogP contribution in [0.1, 0.15) is 0 Å². The number of para-hydroxylation sites is 6. The van der Waals surface area contributed by atoms with Crippen molar-refractivity contribution in [1.29, 1.82) is 0 Å². The molecule has 0 amide bonds. The minimum absolute atomic E-state index is 0.554. The number of hydrogen-bond acceptors (Lipinski definition) is 6. The topological polar surface area (TPSA) is 97.1 Å². The van der Waals surface area contributed by atoms with Crippen molar-refractivity contribution in [1.82, 2.24) is 48.2 Å². The molecule has 6 aromatic heterocycles. The zero-order valence-corrected chi connectivity index (χ0v) is 57.1. The number of hydrogen-bond donors (Lipinski definition) is 0. The number of rotatable bonds is 12. The third-order valence-corrected chi connectivity index (χ3v) is 20.9. The van der Waals surface area contributed by atoms with Crippen LogP contribution in [0.5, 0.6) is 0 Å². The van der Waals surface area contributed by atoms with Crippen LogP contribution in [0.4, 0.5) is 0 Å². The molecule has 15 aromatic carbocycles. The van der Waals surface area contributed by atoms with Crippen molar-refractivity contribution in [3.8, 4) is 113 Å². The summed E-state index contributed by atoms with van der Waals surface area (Å²) in [7, 11) is 0. The van der Waals surface area contributed by atoms with Crippen LogP contribution >= 0.6 is 0 Å². The van der Waals surface area contributed by atoms with Crippen LogP contribution in [0.15, 0.2) is 364 Å². The van der Waals surface area contributed by atoms with Crippen LogP contribution in [0.25, 0.3) is 201 Å². The summed E-state index contributed by atoms with van der Waals surface area (Å²) in [5, 5.41) is 9.29. The largest absolute Gasteiger partial charge is 0.309 e. The van der Waals surface area contributed by atoms with Crippen molar-refractivity contribution in [3.63, 3.8) is 0 Å². The Labute approximate surface area is 609 Å². The van der Waals surface area contributed by atoms with Crippen molar-refractivity contribution in [3.05, 3.63) is 364 Å². The fourth-order valence-electron chi connectivity index (χ4n) is 16.1. The molecule has 10 heteroatoms. The second-order valence-electron chi connectivity index (χ2n) is 26.9. The molecule has 0 aliphatic carbocycles. The Balaban J connectivity index is 0.808. The Bertz CT molecular complexity index is 6510. The molecule has 21 rings (SSSR count). The van der Waals surface area contributed by atoms with Crippen LogP contribution in [-0.2, 0) is 0 Å². The monoisotopic (exact) mass is 1350 g/mol. The summed E-state index contributed by atoms with van der Waals surface area (Å²) < 4.78 is 9.75. The predicted molar refractivity (Wildman–Crippen MR) is 434 cm³/mol. The summed E-state index contributed by atoms with van der Waals surface area (Å²) in [4.78, 5) is 32.1. The van der Waals surface area contributed by atoms with Gasteiger partial charge in [-0.2, -0.15) is 0 Å². The maximum atomic E-state index is 5.44. The van der Waals surface area contributed by atoms with E-state index in [9.17, 15) is 0 Å². The van der Waals surface area contributed by atoms with E-state index in [4.69, 9.17) is 29.9 Å². The number of nitrogens with zero attached hydrogens (tertiary/aromatic N) is 10. The lowest BCUT2D eigenvalue weighted by Crippen LogP contribution is -2.04. The molecule has 6 heterocycles. The number of benzene rings is 15. The van der Waals surface area contributed by atoms with Gasteiger partial charge in [0.2, 0.25) is 0 Å². The van der Waals surface area contributed by atoms with Crippen LogP contribution < -0.4 is 0 Å². The van der Waals surface area contributed by atoms with E-state index in [0.29, 0.717) is 34.9 Å². The zero-order chi connectivity index (χ0) is 69.8. The van der Waals surface area contributed by atoms with E-state index in [0.717, 1.165) is 144 Å². The van der Waals surface area contributed by atoms with Gasteiger partial charge in [-0.15, -0.1) is 0 Å². The molecular formula is C96H60N10. The van der Waals surface area contributed by atoms with E-state index in [1.807, 2.05) is 72.8 Å². The molecular weight excluding hydrogens is 1290 g/mol. The average molecular weight is 1350 g/mol. The Morgan fingerprint density at radius 3 is 0.811 bits per heavy atom. The molecule has 0 bridgehead atoms. The molecule has 0 atom stereocenters. The lowest BCUT2D eigenvalue weighted by molar-refractivity contribution is 1.06. The second kappa shape index (κ2) is 24.7. The molecule has 0 unspecified atom stereocenters. The van der Waals surface area contributed by atoms with E-state index in [1.165, 1.54) is 21.5 Å². The van der Waals surface area contributed by atoms with Crippen LogP contribution in [0.2, 0.25) is 0 Å². The fraction of sp³-hybridized carbons (Fsp3) is 0. The summed E-state index contributed by atoms with van der Waals surface area (Å²) in [5.74, 6) is 3.45. The van der Waals surface area contributed by atoms with Gasteiger partial charge in [-0.25, -0.2) is 29.9 Å². The van der Waals surface area contributed by atoms with Gasteiger partial charge in [0.1, 0.15) is 0 Å². The van der Waals surface area contributed by atoms with Gasteiger partial charge in [-0.1, -0.05) is 273 Å². The van der Waals surface area contributed by atoms with E-state index >= 15 is 0 Å². The first-order valence-electron chi connectivity index (χ1n) is 35.8. The van der Waals surface area contributed by atoms with Gasteiger partial charge in [0.25, 0.3) is 0 Å². The lowest BCUT2D eigenvalue weighted by Gasteiger charge is -2.18. The molecule has 494 valence electrons. The van der Waals surface area contributed by atoms with Gasteiger partial charge in [0, 0.05) is 87.8 Å². The van der Waals surface area contributed by atoms with Crippen LogP contribution in [0, 0.1) is 0 Å². The van der Waals surface area contributed by atoms with Crippen molar-refractivity contribution < 1.29 is 0 Å². The molecule has 0 saturated heterocycles. The van der Waals surface area contributed by atoms with Gasteiger partial charge >= 0.3 is 0 Å². The molecule has 0 spiro atoms. The third-order valence-electron chi connectivity index (χ3n) is 20.9. The lowest BCUT2D eigenvalue weighted by atomic mass is 9.96. The number of fused-ring (bicyclic) bond motifs is 14. The first-order valence-corrected chi connectivity index (χ1v) is 35.8. The maximum absolute atomic E-state index is 5.44. The second-order valence-corrected chi connectivity index (χ2v) is 26.9. The minimum Gasteiger partial charge on any atom is -0.309 e. The summed E-state index contributed by atoms with van der Waals surface area (Å²) >= 11 is 0. The SMILES string of the molecule is c1ccc(-c2nc(-c3ccccc3)nc(-c3ccc(-c4cccc(-c5ccc(-c6nc(-c7ccccc7)nc(-c7ccccc7)n6)c(-n6c7ccccc7c7c6ccc6c8ccccc8n(-c8ccccc8)c67)c5)c4)cc3-n3c4ccccc4c4c3ccc3c5ccccc5n(-c5ccccc5)c34)n2)cc1. The maximum Gasteiger partial charge on any atom is 0.166 e. The van der Waals surface area contributed by atoms with E-state index in [1.54, 1.807) is 0 Å². The van der Waals surface area contributed by atoms with Gasteiger partial charge in [0.05, 0.1) is 55.5 Å². The summed E-state index contributed by atoms with van der Waals surface area (Å²) in [6.45, 7) is 0. The average Bonchev–Trinajstić information content (AvgIpc) is 1.55. The predicted octanol–water partition coefficient (Wildman–Crippen LogP) is 23.8. The highest BCUT2D eigenvalue weighted by molar-refractivity contribution is 6.28. The summed E-state index contributed by atoms with van der Waals surface area (Å²) in [6.07, 6.45) is 0. The standard InChI is InChI=1S/C96H60N10/c1-7-28-61(29-8-1)91-97-92(62-30-9-2-10-31-62)100-95(99-91)77-52-50-67(59-85(77)105-81-48-25-21-44-75(81)87-83(105)56-54-73-71-42-19-23-46-79(71)103(89(73)87)69-38-15-5-16-39-69)65-36-27-37-66(58-65)68-51-53-78(96-101-93(63-32-11-3-12-33-63)98-94(102-96)64-34-13-4-14-35-64)86(60-68)106-82-49-26-22-45-76(82)88-84(106)57-55-74-72-43-20-24-47-80(72)104(90(74)88)70-40-17-6-18-41-70/h1-60H. The molecule has 0 aliphatic rings. The first-order chi connectivity index (χ1) is 52.6. The minimum atomic E-state index is 0.554. The van der Waals surface area contributed by atoms with E-state index in [2.05, 4.69) is 309 Å². The highest BCUT2D eigenvalue weighted by Gasteiger charge is 2.28. The smallest absolute Gasteiger partial charge is 0.166 e. The van der Waals surface area contributed by atoms with E-state index in [-0.39, 0.29) is 0 Å². The molecule has 10 nitrogen and oxygen atoms in total. The van der Waals surface area contributed by atoms with Crippen molar-refractivity contribution in [2.75, 3.05) is 0 Å². The molecule has 0 aliphatic heterocycles. The van der Waals surface area contributed by atoms with Crippen molar-refractivity contribution in [2.24, 2.45) is 0 Å². The quantitative estimate of drug-likeness (QED) is 0.121. The van der Waals surface area contributed by atoms with Crippen LogP contribution in [-0.4, -0.2) is 48.2 Å². The van der Waals surface area contributed by atoms with Gasteiger partial charge in [-0.05, 0) is 113 Å². The van der Waals surface area contributed by atoms with Gasteiger partial charge in [-0.3, -0.25) is 0 Å². The normalized spacial score (nSPS) is 11.8. The Morgan fingerprint density at radius 1 is 0.170 bits per heavy atom. The number of aromatic nitrogens is 10. The van der Waals surface area contributed by atoms with Crippen molar-refractivity contribution >= 4 is 87.2 Å². The molecule has 21 aromatic rings. The first kappa shape index (κ1) is 60.3. The highest BCUT2D eigenvalue weighted by Crippen LogP contribution is 2.47. The van der Waals surface area contributed by atoms with Crippen LogP contribution in [0.3, 0.4) is 0 Å². The van der Waals surface area contributed by atoms with Crippen molar-refractivity contribution in [2.45, 2.75) is 0 Å². The molecule has 0 saturated carbocycles. The Morgan fingerprint density at radius 2 is 0.453 bits per heavy atom. The van der Waals surface area contributed by atoms with Gasteiger partial charge < -0.3 is 18.3 Å². The Hall–Kier alpha value is -14.5. The molecule has 106 heavy (non-hydrogen) atoms. The Kier molecular flexibility index (Phi) is 14.0. The zero-order valence-electron chi connectivity index (χ0n) is 57.1. The molecule has 0 radical (unpaired) electrons. The molecule has 0 fully saturated rings. The molecule has 0 N–H and O–H groups in total.